The van der Waals surface area contributed by atoms with Crippen LogP contribution in [0.25, 0.3) is 0 Å². The summed E-state index contributed by atoms with van der Waals surface area (Å²) in [4.78, 5) is 31.6. The molecule has 1 saturated carbocycles. The molecule has 2 aromatic rings. The molecule has 1 aliphatic heterocycles. The Balaban J connectivity index is 1.91. The number of nitrogens with zero attached hydrogens (tertiary/aromatic N) is 3. The molecule has 2 fully saturated rings. The van der Waals surface area contributed by atoms with Gasteiger partial charge in [0, 0.05) is 12.3 Å². The van der Waals surface area contributed by atoms with Crippen molar-refractivity contribution in [3.8, 4) is 6.07 Å². The number of nitriles is 1. The maximum Gasteiger partial charge on any atom is 0.252 e. The fraction of sp³-hybridized carbons (Fsp3) is 0.500. The molecule has 202 valence electrons. The number of anilines is 1. The Bertz CT molecular complexity index is 1330. The molecule has 4 rings (SSSR count). The topological polar surface area (TPSA) is 120 Å². The van der Waals surface area contributed by atoms with Crippen LogP contribution >= 0.6 is 11.8 Å². The Morgan fingerprint density at radius 3 is 2.42 bits per heavy atom. The molecule has 1 amide bonds. The average Bonchev–Trinajstić information content (AvgIpc) is 3.76. The highest BCUT2D eigenvalue weighted by Gasteiger charge is 2.60. The van der Waals surface area contributed by atoms with Gasteiger partial charge >= 0.3 is 0 Å². The van der Waals surface area contributed by atoms with E-state index in [1.807, 2.05) is 26.0 Å². The third kappa shape index (κ3) is 5.37. The van der Waals surface area contributed by atoms with Crippen LogP contribution in [0.4, 0.5) is 5.82 Å². The summed E-state index contributed by atoms with van der Waals surface area (Å²) in [7, 11) is -4.30. The Morgan fingerprint density at radius 1 is 1.16 bits per heavy atom. The highest BCUT2D eigenvalue weighted by atomic mass is 32.2. The van der Waals surface area contributed by atoms with Gasteiger partial charge in [-0.15, -0.1) is 11.8 Å². The zero-order valence-corrected chi connectivity index (χ0v) is 23.5. The number of hydrogen-bond acceptors (Lipinski definition) is 8. The number of pyridine rings is 1. The lowest BCUT2D eigenvalue weighted by Gasteiger charge is -2.32. The first-order valence-electron chi connectivity index (χ1n) is 13.3. The fourth-order valence-corrected chi connectivity index (χ4v) is 7.92. The van der Waals surface area contributed by atoms with Gasteiger partial charge in [-0.1, -0.05) is 44.2 Å². The second kappa shape index (κ2) is 12.0. The van der Waals surface area contributed by atoms with E-state index in [9.17, 15) is 23.3 Å². The highest BCUT2D eigenvalue weighted by Crippen LogP contribution is 2.55. The highest BCUT2D eigenvalue weighted by molar-refractivity contribution is 7.99. The quantitative estimate of drug-likeness (QED) is 0.311. The molecule has 0 atom stereocenters. The third-order valence-corrected chi connectivity index (χ3v) is 10.8. The Hall–Kier alpha value is -2.74. The minimum absolute atomic E-state index is 0.0833. The summed E-state index contributed by atoms with van der Waals surface area (Å²) in [5.74, 6) is -0.752. The molecule has 38 heavy (non-hydrogen) atoms. The predicted molar refractivity (Wildman–Crippen MR) is 149 cm³/mol. The van der Waals surface area contributed by atoms with Crippen LogP contribution in [0.1, 0.15) is 80.3 Å². The largest absolute Gasteiger partial charge is 0.317 e. The smallest absolute Gasteiger partial charge is 0.252 e. The lowest BCUT2D eigenvalue weighted by Crippen LogP contribution is -2.48. The molecule has 1 aromatic heterocycles. The van der Waals surface area contributed by atoms with Gasteiger partial charge in [-0.25, -0.2) is 13.4 Å². The van der Waals surface area contributed by atoms with Crippen molar-refractivity contribution in [3.05, 3.63) is 53.1 Å². The number of rotatable bonds is 11. The SMILES string of the molecule is CCCSc1nc(N(C(=O)C2CCNCC2)S(=O)(=O)C2(c3ccccc3)CC2)c(C#N)cc1C(=O)CCC. The van der Waals surface area contributed by atoms with Crippen molar-refractivity contribution in [2.75, 3.05) is 23.1 Å². The van der Waals surface area contributed by atoms with Crippen molar-refractivity contribution >= 4 is 39.3 Å². The third-order valence-electron chi connectivity index (χ3n) is 7.13. The fourth-order valence-electron chi connectivity index (χ4n) is 4.89. The van der Waals surface area contributed by atoms with Gasteiger partial charge in [0.25, 0.3) is 10.0 Å². The average molecular weight is 555 g/mol. The lowest BCUT2D eigenvalue weighted by atomic mass is 9.97. The summed E-state index contributed by atoms with van der Waals surface area (Å²) in [6.07, 6.45) is 3.48. The first-order chi connectivity index (χ1) is 18.3. The maximum atomic E-state index is 14.5. The number of sulfonamides is 1. The van der Waals surface area contributed by atoms with Gasteiger partial charge in [0.2, 0.25) is 5.91 Å². The molecule has 8 nitrogen and oxygen atoms in total. The van der Waals surface area contributed by atoms with Crippen LogP contribution in [0.5, 0.6) is 0 Å². The van der Waals surface area contributed by atoms with Crippen molar-refractivity contribution in [2.24, 2.45) is 5.92 Å². The number of piperidine rings is 1. The van der Waals surface area contributed by atoms with E-state index < -0.39 is 26.6 Å². The van der Waals surface area contributed by atoms with Crippen LogP contribution in [0.2, 0.25) is 0 Å². The molecule has 1 aromatic carbocycles. The van der Waals surface area contributed by atoms with Gasteiger partial charge in [-0.3, -0.25) is 9.59 Å². The summed E-state index contributed by atoms with van der Waals surface area (Å²) in [5, 5.41) is 13.7. The Kier molecular flexibility index (Phi) is 8.91. The molecule has 1 saturated heterocycles. The van der Waals surface area contributed by atoms with Crippen LogP contribution in [-0.2, 0) is 19.6 Å². The van der Waals surface area contributed by atoms with E-state index in [0.29, 0.717) is 73.5 Å². The lowest BCUT2D eigenvalue weighted by molar-refractivity contribution is -0.121. The van der Waals surface area contributed by atoms with Crippen LogP contribution in [0, 0.1) is 17.2 Å². The normalized spacial score (nSPS) is 17.0. The number of hydrogen-bond donors (Lipinski definition) is 1. The summed E-state index contributed by atoms with van der Waals surface area (Å²) in [5.41, 5.74) is 0.846. The van der Waals surface area contributed by atoms with Gasteiger partial charge in [0.1, 0.15) is 15.8 Å². The van der Waals surface area contributed by atoms with E-state index in [-0.39, 0.29) is 17.2 Å². The molecule has 0 unspecified atom stereocenters. The molecular weight excluding hydrogens is 520 g/mol. The van der Waals surface area contributed by atoms with E-state index in [1.165, 1.54) is 17.8 Å². The number of ketones is 1. The van der Waals surface area contributed by atoms with Crippen molar-refractivity contribution in [2.45, 2.75) is 68.6 Å². The minimum atomic E-state index is -4.30. The van der Waals surface area contributed by atoms with Crippen LogP contribution < -0.4 is 9.62 Å². The Labute approximate surface area is 229 Å². The molecule has 1 aliphatic carbocycles. The molecule has 0 bridgehead atoms. The second-order valence-corrected chi connectivity index (χ2v) is 13.0. The summed E-state index contributed by atoms with van der Waals surface area (Å²) in [6, 6.07) is 12.4. The Morgan fingerprint density at radius 2 is 1.84 bits per heavy atom. The second-order valence-electron chi connectivity index (χ2n) is 9.84. The zero-order chi connectivity index (χ0) is 27.3. The molecule has 10 heteroatoms. The summed E-state index contributed by atoms with van der Waals surface area (Å²) < 4.78 is 28.5. The van der Waals surface area contributed by atoms with Crippen LogP contribution in [0.3, 0.4) is 0 Å². The number of Topliss-reactive ketones (excluding diaryl/α,β-unsaturated/α-hetero) is 1. The van der Waals surface area contributed by atoms with Crippen molar-refractivity contribution in [1.82, 2.24) is 10.3 Å². The van der Waals surface area contributed by atoms with Gasteiger partial charge in [-0.05, 0) is 69.0 Å². The first-order valence-corrected chi connectivity index (χ1v) is 15.7. The molecular formula is C28H34N4O4S2. The standard InChI is InChI=1S/C28H34N4O4S2/c1-3-8-24(33)23-18-21(19-29)25(31-26(23)37-17-4-2)32(27(34)20-11-15-30-16-12-20)38(35,36)28(13-14-28)22-9-6-5-7-10-22/h5-7,9-10,18,20,30H,3-4,8,11-17H2,1-2H3. The summed E-state index contributed by atoms with van der Waals surface area (Å²) >= 11 is 1.35. The maximum absolute atomic E-state index is 14.5. The van der Waals surface area contributed by atoms with E-state index in [2.05, 4.69) is 10.3 Å². The van der Waals surface area contributed by atoms with Crippen LogP contribution in [-0.4, -0.2) is 43.9 Å². The van der Waals surface area contributed by atoms with Crippen LogP contribution in [0.15, 0.2) is 41.4 Å². The zero-order valence-electron chi connectivity index (χ0n) is 21.9. The van der Waals surface area contributed by atoms with Gasteiger partial charge in [-0.2, -0.15) is 9.57 Å². The summed E-state index contributed by atoms with van der Waals surface area (Å²) in [6.45, 7) is 5.11. The van der Waals surface area contributed by atoms with Gasteiger partial charge in [0.15, 0.2) is 11.6 Å². The number of nitrogens with one attached hydrogen (secondary N) is 1. The number of aromatic nitrogens is 1. The number of benzene rings is 1. The molecule has 2 heterocycles. The van der Waals surface area contributed by atoms with Crippen molar-refractivity contribution in [3.63, 3.8) is 0 Å². The minimum Gasteiger partial charge on any atom is -0.317 e. The van der Waals surface area contributed by atoms with E-state index in [0.717, 1.165) is 10.7 Å². The molecule has 0 spiro atoms. The van der Waals surface area contributed by atoms with Crippen molar-refractivity contribution in [1.29, 1.82) is 5.26 Å². The van der Waals surface area contributed by atoms with Gasteiger partial charge in [0.05, 0.1) is 11.1 Å². The number of thioether (sulfide) groups is 1. The number of amides is 1. The first kappa shape index (κ1) is 28.3. The molecule has 2 aliphatic rings. The monoisotopic (exact) mass is 554 g/mol. The van der Waals surface area contributed by atoms with E-state index in [1.54, 1.807) is 24.3 Å². The molecule has 0 radical (unpaired) electrons. The number of carbonyl (C=O) groups excluding carboxylic acids is 2. The predicted octanol–water partition coefficient (Wildman–Crippen LogP) is 4.79. The van der Waals surface area contributed by atoms with Gasteiger partial charge < -0.3 is 5.32 Å². The van der Waals surface area contributed by atoms with E-state index in [4.69, 9.17) is 0 Å². The molecule has 1 N–H and O–H groups in total. The van der Waals surface area contributed by atoms with E-state index >= 15 is 0 Å². The van der Waals surface area contributed by atoms with Crippen molar-refractivity contribution < 1.29 is 18.0 Å². The number of carbonyl (C=O) groups is 2.